The van der Waals surface area contributed by atoms with Gasteiger partial charge in [0.15, 0.2) is 0 Å². The minimum absolute atomic E-state index is 0.0998. The maximum Gasteiger partial charge on any atom is 0.225 e. The number of hydrogen-bond acceptors (Lipinski definition) is 5. The van der Waals surface area contributed by atoms with Crippen LogP contribution < -0.4 is 4.90 Å². The van der Waals surface area contributed by atoms with Gasteiger partial charge < -0.3 is 14.5 Å². The number of carbonyl (C=O) groups is 1. The van der Waals surface area contributed by atoms with Gasteiger partial charge in [-0.25, -0.2) is 4.98 Å². The third-order valence-electron chi connectivity index (χ3n) is 4.48. The van der Waals surface area contributed by atoms with Gasteiger partial charge in [-0.1, -0.05) is 0 Å². The van der Waals surface area contributed by atoms with Crippen LogP contribution in [-0.2, 0) is 9.53 Å². The molecule has 2 saturated heterocycles. The number of hydrogen-bond donors (Lipinski definition) is 0. The summed E-state index contributed by atoms with van der Waals surface area (Å²) in [5.74, 6) is 0.906. The van der Waals surface area contributed by atoms with Crippen LogP contribution in [0.15, 0.2) is 18.3 Å². The summed E-state index contributed by atoms with van der Waals surface area (Å²) in [7, 11) is 0. The quantitative estimate of drug-likeness (QED) is 0.847. The first-order chi connectivity index (χ1) is 11.3. The third-order valence-corrected chi connectivity index (χ3v) is 4.48. The van der Waals surface area contributed by atoms with E-state index in [0.717, 1.165) is 44.8 Å². The summed E-state index contributed by atoms with van der Waals surface area (Å²) in [6, 6.07) is 5.75. The minimum atomic E-state index is 0.0998. The van der Waals surface area contributed by atoms with E-state index >= 15 is 0 Å². The highest BCUT2D eigenvalue weighted by Gasteiger charge is 2.25. The molecule has 3 rings (SSSR count). The molecule has 0 aromatic carbocycles. The van der Waals surface area contributed by atoms with Crippen LogP contribution in [0, 0.1) is 11.3 Å². The SMILES string of the molecule is N#Cc1cccnc1N1CCCN(C(=O)C[C@H]2CCCO2)CC1. The average Bonchev–Trinajstić information content (AvgIpc) is 2.96. The molecule has 1 aromatic heterocycles. The summed E-state index contributed by atoms with van der Waals surface area (Å²) in [6.07, 6.45) is 5.24. The standard InChI is InChI=1S/C17H22N4O2/c18-13-14-4-1-6-19-17(14)21-8-3-7-20(9-10-21)16(22)12-15-5-2-11-23-15/h1,4,6,15H,2-3,5,7-12H2/t15-/m1/s1. The van der Waals surface area contributed by atoms with Crippen molar-refractivity contribution in [1.82, 2.24) is 9.88 Å². The van der Waals surface area contributed by atoms with E-state index in [1.807, 2.05) is 4.90 Å². The second kappa shape index (κ2) is 7.42. The monoisotopic (exact) mass is 314 g/mol. The van der Waals surface area contributed by atoms with Gasteiger partial charge in [-0.15, -0.1) is 0 Å². The number of nitriles is 1. The maximum absolute atomic E-state index is 12.4. The van der Waals surface area contributed by atoms with Crippen molar-refractivity contribution < 1.29 is 9.53 Å². The number of amides is 1. The molecule has 3 heterocycles. The predicted octanol–water partition coefficient (Wildman–Crippen LogP) is 1.56. The molecule has 0 unspecified atom stereocenters. The fourth-order valence-electron chi connectivity index (χ4n) is 3.24. The van der Waals surface area contributed by atoms with Crippen molar-refractivity contribution in [3.63, 3.8) is 0 Å². The van der Waals surface area contributed by atoms with E-state index in [4.69, 9.17) is 4.74 Å². The lowest BCUT2D eigenvalue weighted by Crippen LogP contribution is -2.37. The van der Waals surface area contributed by atoms with Crippen LogP contribution in [0.25, 0.3) is 0 Å². The highest BCUT2D eigenvalue weighted by Crippen LogP contribution is 2.20. The minimum Gasteiger partial charge on any atom is -0.378 e. The Bertz CT molecular complexity index is 593. The molecule has 0 N–H and O–H groups in total. The molecule has 1 atom stereocenters. The van der Waals surface area contributed by atoms with Gasteiger partial charge in [0.1, 0.15) is 11.9 Å². The first kappa shape index (κ1) is 15.8. The summed E-state index contributed by atoms with van der Waals surface area (Å²) in [5, 5.41) is 9.22. The first-order valence-electron chi connectivity index (χ1n) is 8.27. The van der Waals surface area contributed by atoms with E-state index in [0.29, 0.717) is 25.1 Å². The molecular formula is C17H22N4O2. The van der Waals surface area contributed by atoms with Crippen molar-refractivity contribution in [2.45, 2.75) is 31.8 Å². The Morgan fingerprint density at radius 1 is 1.35 bits per heavy atom. The molecule has 1 aromatic rings. The Balaban J connectivity index is 1.60. The van der Waals surface area contributed by atoms with Crippen LogP contribution >= 0.6 is 0 Å². The fourth-order valence-corrected chi connectivity index (χ4v) is 3.24. The molecule has 0 radical (unpaired) electrons. The summed E-state index contributed by atoms with van der Waals surface area (Å²) < 4.78 is 5.56. The molecule has 2 aliphatic heterocycles. The largest absolute Gasteiger partial charge is 0.378 e. The maximum atomic E-state index is 12.4. The first-order valence-corrected chi connectivity index (χ1v) is 8.27. The van der Waals surface area contributed by atoms with Crippen LogP contribution in [0.2, 0.25) is 0 Å². The Morgan fingerprint density at radius 3 is 3.04 bits per heavy atom. The number of carbonyl (C=O) groups excluding carboxylic acids is 1. The highest BCUT2D eigenvalue weighted by atomic mass is 16.5. The van der Waals surface area contributed by atoms with Crippen LogP contribution in [0.5, 0.6) is 0 Å². The second-order valence-corrected chi connectivity index (χ2v) is 6.05. The van der Waals surface area contributed by atoms with Gasteiger partial charge in [-0.2, -0.15) is 5.26 Å². The van der Waals surface area contributed by atoms with Gasteiger partial charge >= 0.3 is 0 Å². The molecule has 2 fully saturated rings. The smallest absolute Gasteiger partial charge is 0.225 e. The highest BCUT2D eigenvalue weighted by molar-refractivity contribution is 5.77. The van der Waals surface area contributed by atoms with Crippen LogP contribution in [0.4, 0.5) is 5.82 Å². The van der Waals surface area contributed by atoms with Gasteiger partial charge in [0.25, 0.3) is 0 Å². The van der Waals surface area contributed by atoms with Crippen LogP contribution in [0.3, 0.4) is 0 Å². The van der Waals surface area contributed by atoms with Gasteiger partial charge in [-0.05, 0) is 31.4 Å². The Morgan fingerprint density at radius 2 is 2.26 bits per heavy atom. The van der Waals surface area contributed by atoms with Crippen LogP contribution in [0.1, 0.15) is 31.2 Å². The van der Waals surface area contributed by atoms with Crippen LogP contribution in [-0.4, -0.2) is 54.7 Å². The van der Waals surface area contributed by atoms with Crippen molar-refractivity contribution in [1.29, 1.82) is 5.26 Å². The number of ether oxygens (including phenoxy) is 1. The van der Waals surface area contributed by atoms with Crippen molar-refractivity contribution in [3.8, 4) is 6.07 Å². The molecule has 6 heteroatoms. The van der Waals surface area contributed by atoms with Gasteiger partial charge in [0.2, 0.25) is 5.91 Å². The molecule has 6 nitrogen and oxygen atoms in total. The number of anilines is 1. The van der Waals surface area contributed by atoms with Crippen molar-refractivity contribution in [2.75, 3.05) is 37.7 Å². The van der Waals surface area contributed by atoms with Crippen molar-refractivity contribution in [3.05, 3.63) is 23.9 Å². The van der Waals surface area contributed by atoms with Crippen molar-refractivity contribution >= 4 is 11.7 Å². The molecule has 0 bridgehead atoms. The Hall–Kier alpha value is -2.13. The second-order valence-electron chi connectivity index (χ2n) is 6.05. The number of rotatable bonds is 3. The predicted molar refractivity (Wildman–Crippen MR) is 86.0 cm³/mol. The Kier molecular flexibility index (Phi) is 5.09. The molecule has 1 amide bonds. The lowest BCUT2D eigenvalue weighted by molar-refractivity contribution is -0.133. The van der Waals surface area contributed by atoms with E-state index in [1.54, 1.807) is 18.3 Å². The molecule has 0 aliphatic carbocycles. The average molecular weight is 314 g/mol. The van der Waals surface area contributed by atoms with E-state index in [1.165, 1.54) is 0 Å². The third kappa shape index (κ3) is 3.80. The fraction of sp³-hybridized carbons (Fsp3) is 0.588. The van der Waals surface area contributed by atoms with Crippen molar-refractivity contribution in [2.24, 2.45) is 0 Å². The van der Waals surface area contributed by atoms with Gasteiger partial charge in [-0.3, -0.25) is 4.79 Å². The topological polar surface area (TPSA) is 69.5 Å². The summed E-state index contributed by atoms with van der Waals surface area (Å²) in [5.41, 5.74) is 0.589. The lowest BCUT2D eigenvalue weighted by Gasteiger charge is -2.24. The zero-order valence-corrected chi connectivity index (χ0v) is 13.3. The molecule has 2 aliphatic rings. The number of nitrogens with zero attached hydrogens (tertiary/aromatic N) is 4. The van der Waals surface area contributed by atoms with Gasteiger partial charge in [0, 0.05) is 39.0 Å². The summed E-state index contributed by atoms with van der Waals surface area (Å²) in [4.78, 5) is 20.8. The van der Waals surface area contributed by atoms with E-state index < -0.39 is 0 Å². The molecule has 0 saturated carbocycles. The van der Waals surface area contributed by atoms with E-state index in [-0.39, 0.29) is 12.0 Å². The normalized spacial score (nSPS) is 21.8. The molecule has 0 spiro atoms. The zero-order chi connectivity index (χ0) is 16.1. The molecular weight excluding hydrogens is 292 g/mol. The zero-order valence-electron chi connectivity index (χ0n) is 13.3. The Labute approximate surface area is 136 Å². The van der Waals surface area contributed by atoms with E-state index in [9.17, 15) is 10.1 Å². The summed E-state index contributed by atoms with van der Waals surface area (Å²) >= 11 is 0. The molecule has 122 valence electrons. The lowest BCUT2D eigenvalue weighted by atomic mass is 10.1. The van der Waals surface area contributed by atoms with E-state index in [2.05, 4.69) is 16.0 Å². The summed E-state index contributed by atoms with van der Waals surface area (Å²) in [6.45, 7) is 3.74. The number of pyridine rings is 1. The van der Waals surface area contributed by atoms with Gasteiger partial charge in [0.05, 0.1) is 18.1 Å². The molecule has 23 heavy (non-hydrogen) atoms. The number of aromatic nitrogens is 1.